The molecule has 9 nitrogen and oxygen atoms in total. The number of hydrogen-bond acceptors (Lipinski definition) is 7. The summed E-state index contributed by atoms with van der Waals surface area (Å²) in [4.78, 5) is 29.5. The van der Waals surface area contributed by atoms with Crippen molar-refractivity contribution >= 4 is 11.8 Å². The van der Waals surface area contributed by atoms with Crippen LogP contribution in [-0.4, -0.2) is 75.8 Å². The van der Waals surface area contributed by atoms with Crippen LogP contribution in [-0.2, 0) is 27.3 Å². The van der Waals surface area contributed by atoms with Gasteiger partial charge in [0.05, 0.1) is 40.2 Å². The van der Waals surface area contributed by atoms with Gasteiger partial charge in [-0.1, -0.05) is 24.3 Å². The minimum Gasteiger partial charge on any atom is -0.493 e. The lowest BCUT2D eigenvalue weighted by Gasteiger charge is -2.27. The molecule has 0 N–H and O–H groups in total. The van der Waals surface area contributed by atoms with E-state index in [0.29, 0.717) is 42.6 Å². The molecule has 0 atom stereocenters. The van der Waals surface area contributed by atoms with Crippen molar-refractivity contribution in [1.29, 1.82) is 0 Å². The van der Waals surface area contributed by atoms with E-state index in [1.807, 2.05) is 42.5 Å². The zero-order valence-corrected chi connectivity index (χ0v) is 21.6. The van der Waals surface area contributed by atoms with Crippen LogP contribution in [0.5, 0.6) is 17.2 Å². The van der Waals surface area contributed by atoms with Gasteiger partial charge in [0.25, 0.3) is 5.91 Å². The van der Waals surface area contributed by atoms with Gasteiger partial charge in [-0.15, -0.1) is 0 Å². The zero-order chi connectivity index (χ0) is 26.5. The number of carbonyl (C=O) groups is 2. The third-order valence-electron chi connectivity index (χ3n) is 5.75. The number of ether oxygens (including phenoxy) is 4. The number of methoxy groups -OCH3 is 3. The molecule has 2 amide bonds. The van der Waals surface area contributed by atoms with Gasteiger partial charge in [0.1, 0.15) is 11.5 Å². The average Bonchev–Trinajstić information content (AvgIpc) is 3.45. The van der Waals surface area contributed by atoms with Crippen molar-refractivity contribution in [3.8, 4) is 17.2 Å². The lowest BCUT2D eigenvalue weighted by molar-refractivity contribution is -0.142. The first kappa shape index (κ1) is 27.6. The van der Waals surface area contributed by atoms with E-state index in [2.05, 4.69) is 0 Å². The zero-order valence-electron chi connectivity index (χ0n) is 21.6. The molecule has 198 valence electrons. The van der Waals surface area contributed by atoms with Crippen LogP contribution in [0.1, 0.15) is 11.3 Å². The monoisotopic (exact) mass is 510 g/mol. The lowest BCUT2D eigenvalue weighted by Crippen LogP contribution is -2.45. The van der Waals surface area contributed by atoms with Crippen LogP contribution < -0.4 is 14.2 Å². The number of para-hydroxylation sites is 1. The van der Waals surface area contributed by atoms with Crippen molar-refractivity contribution in [2.24, 2.45) is 0 Å². The molecule has 0 saturated carbocycles. The van der Waals surface area contributed by atoms with E-state index in [9.17, 15) is 9.59 Å². The highest BCUT2D eigenvalue weighted by atomic mass is 16.5. The highest BCUT2D eigenvalue weighted by Crippen LogP contribution is 2.27. The van der Waals surface area contributed by atoms with Crippen molar-refractivity contribution < 1.29 is 33.0 Å². The summed E-state index contributed by atoms with van der Waals surface area (Å²) in [6.07, 6.45) is 2.15. The summed E-state index contributed by atoms with van der Waals surface area (Å²) in [5, 5.41) is 0. The fourth-order valence-electron chi connectivity index (χ4n) is 3.69. The fraction of sp³-hybridized carbons (Fsp3) is 0.357. The molecule has 3 aromatic rings. The van der Waals surface area contributed by atoms with Gasteiger partial charge in [-0.05, 0) is 48.4 Å². The molecule has 0 fully saturated rings. The molecular weight excluding hydrogens is 476 g/mol. The molecule has 3 rings (SSSR count). The molecule has 0 radical (unpaired) electrons. The first-order valence-electron chi connectivity index (χ1n) is 12.0. The first-order valence-corrected chi connectivity index (χ1v) is 12.0. The molecule has 1 heterocycles. The fourth-order valence-corrected chi connectivity index (χ4v) is 3.69. The third-order valence-corrected chi connectivity index (χ3v) is 5.75. The number of nitrogens with zero attached hydrogens (tertiary/aromatic N) is 2. The third kappa shape index (κ3) is 8.57. The maximum Gasteiger partial charge on any atom is 0.261 e. The van der Waals surface area contributed by atoms with E-state index in [4.69, 9.17) is 23.4 Å². The van der Waals surface area contributed by atoms with Crippen LogP contribution in [0, 0.1) is 0 Å². The topological polar surface area (TPSA) is 90.7 Å². The van der Waals surface area contributed by atoms with E-state index in [-0.39, 0.29) is 38.1 Å². The van der Waals surface area contributed by atoms with E-state index in [1.54, 1.807) is 50.7 Å². The average molecular weight is 511 g/mol. The maximum absolute atomic E-state index is 13.4. The summed E-state index contributed by atoms with van der Waals surface area (Å²) in [6.45, 7) is 0.989. The first-order chi connectivity index (χ1) is 18.0. The Morgan fingerprint density at radius 3 is 2.30 bits per heavy atom. The quantitative estimate of drug-likeness (QED) is 0.309. The van der Waals surface area contributed by atoms with Crippen LogP contribution in [0.4, 0.5) is 0 Å². The van der Waals surface area contributed by atoms with Gasteiger partial charge in [0.2, 0.25) is 5.91 Å². The molecule has 0 aliphatic carbocycles. The minimum atomic E-state index is -0.299. The van der Waals surface area contributed by atoms with Gasteiger partial charge in [-0.3, -0.25) is 9.59 Å². The Kier molecular flexibility index (Phi) is 10.9. The molecule has 2 aromatic carbocycles. The summed E-state index contributed by atoms with van der Waals surface area (Å²) >= 11 is 0. The Morgan fingerprint density at radius 2 is 1.62 bits per heavy atom. The SMILES string of the molecule is COCCN(CC(=O)N(CCc1ccc(OC)c(OC)c1)Cc1ccco1)C(=O)COc1ccccc1. The second-order valence-corrected chi connectivity index (χ2v) is 8.24. The van der Waals surface area contributed by atoms with Crippen molar-refractivity contribution in [3.05, 3.63) is 78.3 Å². The lowest BCUT2D eigenvalue weighted by atomic mass is 10.1. The van der Waals surface area contributed by atoms with E-state index in [1.165, 1.54) is 4.90 Å². The smallest absolute Gasteiger partial charge is 0.261 e. The molecule has 0 spiro atoms. The number of furan rings is 1. The Balaban J connectivity index is 1.69. The van der Waals surface area contributed by atoms with Crippen molar-refractivity contribution in [2.45, 2.75) is 13.0 Å². The van der Waals surface area contributed by atoms with Gasteiger partial charge in [-0.25, -0.2) is 0 Å². The Hall–Kier alpha value is -3.98. The van der Waals surface area contributed by atoms with Gasteiger partial charge < -0.3 is 33.2 Å². The number of amides is 2. The predicted octanol–water partition coefficient (Wildman–Crippen LogP) is 3.42. The van der Waals surface area contributed by atoms with Gasteiger partial charge in [0.15, 0.2) is 18.1 Å². The number of carbonyl (C=O) groups excluding carboxylic acids is 2. The maximum atomic E-state index is 13.4. The molecule has 0 aliphatic heterocycles. The van der Waals surface area contributed by atoms with E-state index < -0.39 is 0 Å². The highest BCUT2D eigenvalue weighted by Gasteiger charge is 2.23. The molecule has 9 heteroatoms. The Labute approximate surface area is 217 Å². The van der Waals surface area contributed by atoms with Gasteiger partial charge in [-0.2, -0.15) is 0 Å². The highest BCUT2D eigenvalue weighted by molar-refractivity contribution is 5.85. The standard InChI is InChI=1S/C28H34N2O7/c1-33-17-15-30(28(32)21-37-23-8-5-4-6-9-23)20-27(31)29(19-24-10-7-16-36-24)14-13-22-11-12-25(34-2)26(18-22)35-3/h4-12,16,18H,13-15,17,19-21H2,1-3H3. The normalized spacial score (nSPS) is 10.6. The number of hydrogen-bond donors (Lipinski definition) is 0. The molecule has 37 heavy (non-hydrogen) atoms. The Morgan fingerprint density at radius 1 is 0.838 bits per heavy atom. The van der Waals surface area contributed by atoms with Crippen LogP contribution >= 0.6 is 0 Å². The molecule has 0 bridgehead atoms. The van der Waals surface area contributed by atoms with Gasteiger partial charge >= 0.3 is 0 Å². The number of rotatable bonds is 15. The largest absolute Gasteiger partial charge is 0.493 e. The Bertz CT molecular complexity index is 1100. The minimum absolute atomic E-state index is 0.104. The summed E-state index contributed by atoms with van der Waals surface area (Å²) in [5.41, 5.74) is 0.985. The van der Waals surface area contributed by atoms with Gasteiger partial charge in [0, 0.05) is 20.2 Å². The van der Waals surface area contributed by atoms with Crippen LogP contribution in [0.25, 0.3) is 0 Å². The summed E-state index contributed by atoms with van der Waals surface area (Å²) in [6, 6.07) is 18.3. The predicted molar refractivity (Wildman–Crippen MR) is 138 cm³/mol. The van der Waals surface area contributed by atoms with Crippen molar-refractivity contribution in [1.82, 2.24) is 9.80 Å². The molecule has 0 unspecified atom stereocenters. The number of benzene rings is 2. The molecule has 0 saturated heterocycles. The second-order valence-electron chi connectivity index (χ2n) is 8.24. The summed E-state index contributed by atoms with van der Waals surface area (Å²) in [7, 11) is 4.72. The summed E-state index contributed by atoms with van der Waals surface area (Å²) < 4.78 is 27.0. The van der Waals surface area contributed by atoms with Crippen LogP contribution in [0.2, 0.25) is 0 Å². The van der Waals surface area contributed by atoms with E-state index in [0.717, 1.165) is 5.56 Å². The molecule has 1 aromatic heterocycles. The van der Waals surface area contributed by atoms with Crippen LogP contribution in [0.15, 0.2) is 71.3 Å². The summed E-state index contributed by atoms with van der Waals surface area (Å²) in [5.74, 6) is 2.00. The molecular formula is C28H34N2O7. The second kappa shape index (κ2) is 14.5. The molecule has 0 aliphatic rings. The van der Waals surface area contributed by atoms with Crippen molar-refractivity contribution in [3.63, 3.8) is 0 Å². The van der Waals surface area contributed by atoms with Crippen LogP contribution in [0.3, 0.4) is 0 Å². The van der Waals surface area contributed by atoms with E-state index >= 15 is 0 Å². The van der Waals surface area contributed by atoms with Crippen molar-refractivity contribution in [2.75, 3.05) is 54.2 Å².